The molecule has 29 heavy (non-hydrogen) atoms. The van der Waals surface area contributed by atoms with Crippen LogP contribution in [0.3, 0.4) is 0 Å². The Morgan fingerprint density at radius 2 is 1.79 bits per heavy atom. The first kappa shape index (κ1) is 18.9. The highest BCUT2D eigenvalue weighted by Crippen LogP contribution is 2.32. The Morgan fingerprint density at radius 1 is 1.07 bits per heavy atom. The maximum absolute atomic E-state index is 12.5. The SMILES string of the molecule is O=c1[nH]c2cc(Cl)c(Cl)cc2n1C1CCN(CC2COc3ccccc3O2)CC1. The number of hydrogen-bond donors (Lipinski definition) is 1. The average Bonchev–Trinajstić information content (AvgIpc) is 3.03. The lowest BCUT2D eigenvalue weighted by molar-refractivity contribution is 0.0485. The number of benzene rings is 2. The summed E-state index contributed by atoms with van der Waals surface area (Å²) in [6.45, 7) is 3.16. The van der Waals surface area contributed by atoms with E-state index in [9.17, 15) is 4.79 Å². The predicted molar refractivity (Wildman–Crippen MR) is 114 cm³/mol. The largest absolute Gasteiger partial charge is 0.486 e. The number of halogens is 2. The minimum atomic E-state index is -0.114. The van der Waals surface area contributed by atoms with Crippen LogP contribution in [0.4, 0.5) is 0 Å². The van der Waals surface area contributed by atoms with E-state index in [1.54, 1.807) is 12.1 Å². The second-order valence-corrected chi connectivity index (χ2v) is 8.43. The highest BCUT2D eigenvalue weighted by atomic mass is 35.5. The quantitative estimate of drug-likeness (QED) is 0.674. The number of nitrogens with zero attached hydrogens (tertiary/aromatic N) is 2. The molecule has 0 amide bonds. The van der Waals surface area contributed by atoms with Crippen LogP contribution in [-0.4, -0.2) is 46.8 Å². The Labute approximate surface area is 177 Å². The van der Waals surface area contributed by atoms with Gasteiger partial charge < -0.3 is 14.5 Å². The number of fused-ring (bicyclic) bond motifs is 2. The van der Waals surface area contributed by atoms with Crippen LogP contribution in [0.1, 0.15) is 18.9 Å². The number of piperidine rings is 1. The molecule has 2 aliphatic rings. The first-order valence-corrected chi connectivity index (χ1v) is 10.5. The molecule has 1 N–H and O–H groups in total. The van der Waals surface area contributed by atoms with Crippen molar-refractivity contribution in [2.75, 3.05) is 26.2 Å². The third-order valence-corrected chi connectivity index (χ3v) is 6.43. The van der Waals surface area contributed by atoms with Crippen molar-refractivity contribution < 1.29 is 9.47 Å². The summed E-state index contributed by atoms with van der Waals surface area (Å²) in [7, 11) is 0. The predicted octanol–water partition coefficient (Wildman–Crippen LogP) is 4.11. The third-order valence-electron chi connectivity index (χ3n) is 5.71. The van der Waals surface area contributed by atoms with Crippen LogP contribution < -0.4 is 15.2 Å². The summed E-state index contributed by atoms with van der Waals surface area (Å²) in [6, 6.07) is 11.4. The Bertz CT molecular complexity index is 1100. The van der Waals surface area contributed by atoms with Crippen LogP contribution in [0.15, 0.2) is 41.2 Å². The lowest BCUT2D eigenvalue weighted by atomic mass is 10.0. The molecule has 0 bridgehead atoms. The molecular weight excluding hydrogens is 413 g/mol. The van der Waals surface area contributed by atoms with Crippen molar-refractivity contribution in [3.8, 4) is 11.5 Å². The summed E-state index contributed by atoms with van der Waals surface area (Å²) in [4.78, 5) is 17.8. The monoisotopic (exact) mass is 433 g/mol. The Balaban J connectivity index is 1.26. The minimum absolute atomic E-state index is 0.0122. The second kappa shape index (κ2) is 7.59. The molecule has 152 valence electrons. The fourth-order valence-electron chi connectivity index (χ4n) is 4.28. The van der Waals surface area contributed by atoms with Crippen molar-refractivity contribution in [1.82, 2.24) is 14.5 Å². The van der Waals surface area contributed by atoms with Gasteiger partial charge in [0.2, 0.25) is 0 Å². The zero-order valence-electron chi connectivity index (χ0n) is 15.7. The first-order chi connectivity index (χ1) is 14.1. The minimum Gasteiger partial charge on any atom is -0.486 e. The zero-order valence-corrected chi connectivity index (χ0v) is 17.2. The van der Waals surface area contributed by atoms with Crippen LogP contribution in [0.2, 0.25) is 10.0 Å². The van der Waals surface area contributed by atoms with Gasteiger partial charge in [-0.1, -0.05) is 35.3 Å². The number of imidazole rings is 1. The van der Waals surface area contributed by atoms with E-state index in [1.165, 1.54) is 0 Å². The standard InChI is InChI=1S/C21H21Cl2N3O3/c22-15-9-17-18(10-16(15)23)26(21(27)24-17)13-5-7-25(8-6-13)11-14-12-28-19-3-1-2-4-20(19)29-14/h1-4,9-10,13-14H,5-8,11-12H2,(H,24,27). The Hall–Kier alpha value is -2.15. The lowest BCUT2D eigenvalue weighted by Crippen LogP contribution is -2.45. The lowest BCUT2D eigenvalue weighted by Gasteiger charge is -2.36. The van der Waals surface area contributed by atoms with Crippen molar-refractivity contribution in [2.45, 2.75) is 25.0 Å². The molecule has 3 heterocycles. The highest BCUT2D eigenvalue weighted by Gasteiger charge is 2.28. The number of nitrogens with one attached hydrogen (secondary N) is 1. The average molecular weight is 434 g/mol. The number of H-pyrrole nitrogens is 1. The van der Waals surface area contributed by atoms with Crippen molar-refractivity contribution in [3.63, 3.8) is 0 Å². The second-order valence-electron chi connectivity index (χ2n) is 7.61. The zero-order chi connectivity index (χ0) is 20.0. The van der Waals surface area contributed by atoms with Crippen LogP contribution >= 0.6 is 23.2 Å². The van der Waals surface area contributed by atoms with Gasteiger partial charge in [-0.05, 0) is 37.1 Å². The molecule has 2 aromatic carbocycles. The number of rotatable bonds is 3. The van der Waals surface area contributed by atoms with Gasteiger partial charge in [0.05, 0.1) is 21.1 Å². The molecule has 1 fully saturated rings. The van der Waals surface area contributed by atoms with Gasteiger partial charge in [0.1, 0.15) is 12.7 Å². The summed E-state index contributed by atoms with van der Waals surface area (Å²) < 4.78 is 13.7. The van der Waals surface area contributed by atoms with E-state index in [2.05, 4.69) is 9.88 Å². The van der Waals surface area contributed by atoms with E-state index in [0.29, 0.717) is 16.7 Å². The van der Waals surface area contributed by atoms with Gasteiger partial charge in [0, 0.05) is 25.7 Å². The van der Waals surface area contributed by atoms with Crippen molar-refractivity contribution >= 4 is 34.2 Å². The molecule has 3 aromatic rings. The summed E-state index contributed by atoms with van der Waals surface area (Å²) in [5.41, 5.74) is 1.42. The molecule has 0 radical (unpaired) electrons. The van der Waals surface area contributed by atoms with E-state index < -0.39 is 0 Å². The van der Waals surface area contributed by atoms with Crippen LogP contribution in [-0.2, 0) is 0 Å². The molecule has 6 nitrogen and oxygen atoms in total. The van der Waals surface area contributed by atoms with Crippen molar-refractivity contribution in [1.29, 1.82) is 0 Å². The number of para-hydroxylation sites is 2. The highest BCUT2D eigenvalue weighted by molar-refractivity contribution is 6.42. The molecule has 1 aromatic heterocycles. The topological polar surface area (TPSA) is 59.5 Å². The molecule has 0 saturated carbocycles. The van der Waals surface area contributed by atoms with Gasteiger partial charge in [-0.25, -0.2) is 4.79 Å². The van der Waals surface area contributed by atoms with Gasteiger partial charge in [0.25, 0.3) is 0 Å². The first-order valence-electron chi connectivity index (χ1n) is 9.78. The van der Waals surface area contributed by atoms with Gasteiger partial charge in [-0.15, -0.1) is 0 Å². The molecule has 1 saturated heterocycles. The molecule has 1 unspecified atom stereocenters. The Kier molecular flexibility index (Phi) is 4.94. The fourth-order valence-corrected chi connectivity index (χ4v) is 4.61. The van der Waals surface area contributed by atoms with Gasteiger partial charge in [-0.2, -0.15) is 0 Å². The van der Waals surface area contributed by atoms with Gasteiger partial charge in [0.15, 0.2) is 11.5 Å². The normalized spacial score (nSPS) is 20.3. The number of hydrogen-bond acceptors (Lipinski definition) is 4. The van der Waals surface area contributed by atoms with Gasteiger partial charge in [-0.3, -0.25) is 9.47 Å². The summed E-state index contributed by atoms with van der Waals surface area (Å²) in [5, 5.41) is 0.901. The van der Waals surface area contributed by atoms with E-state index in [1.807, 2.05) is 28.8 Å². The number of aromatic nitrogens is 2. The number of likely N-dealkylation sites (tertiary alicyclic amines) is 1. The molecule has 2 aliphatic heterocycles. The maximum atomic E-state index is 12.5. The molecule has 8 heteroatoms. The smallest absolute Gasteiger partial charge is 0.326 e. The number of aromatic amines is 1. The molecule has 0 aliphatic carbocycles. The van der Waals surface area contributed by atoms with Crippen molar-refractivity contribution in [3.05, 3.63) is 56.9 Å². The van der Waals surface area contributed by atoms with E-state index in [4.69, 9.17) is 32.7 Å². The van der Waals surface area contributed by atoms with E-state index >= 15 is 0 Å². The van der Waals surface area contributed by atoms with Gasteiger partial charge >= 0.3 is 5.69 Å². The molecular formula is C21H21Cl2N3O3. The molecule has 1 atom stereocenters. The number of ether oxygens (including phenoxy) is 2. The van der Waals surface area contributed by atoms with E-state index in [0.717, 1.165) is 55.0 Å². The summed E-state index contributed by atoms with van der Waals surface area (Å²) in [6.07, 6.45) is 1.78. The third kappa shape index (κ3) is 3.61. The van der Waals surface area contributed by atoms with Crippen LogP contribution in [0, 0.1) is 0 Å². The van der Waals surface area contributed by atoms with Crippen molar-refractivity contribution in [2.24, 2.45) is 0 Å². The van der Waals surface area contributed by atoms with E-state index in [-0.39, 0.29) is 17.8 Å². The molecule has 5 rings (SSSR count). The van der Waals surface area contributed by atoms with Crippen LogP contribution in [0.25, 0.3) is 11.0 Å². The fraction of sp³-hybridized carbons (Fsp3) is 0.381. The Morgan fingerprint density at radius 3 is 2.59 bits per heavy atom. The maximum Gasteiger partial charge on any atom is 0.326 e. The molecule has 0 spiro atoms. The summed E-state index contributed by atoms with van der Waals surface area (Å²) in [5.74, 6) is 1.61. The summed E-state index contributed by atoms with van der Waals surface area (Å²) >= 11 is 12.3. The van der Waals surface area contributed by atoms with Crippen LogP contribution in [0.5, 0.6) is 11.5 Å².